The van der Waals surface area contributed by atoms with E-state index in [-0.39, 0.29) is 22.9 Å². The summed E-state index contributed by atoms with van der Waals surface area (Å²) in [6.45, 7) is 2.78. The SMILES string of the molecule is CCOc1ccc(C(=O)N(C)CCN)cc1[N+](=O)[O-]. The molecular formula is C12H17N3O4. The molecule has 1 amide bonds. The van der Waals surface area contributed by atoms with Crippen molar-refractivity contribution in [3.05, 3.63) is 33.9 Å². The molecule has 0 saturated heterocycles. The maximum absolute atomic E-state index is 12.0. The maximum Gasteiger partial charge on any atom is 0.311 e. The fraction of sp³-hybridized carbons (Fsp3) is 0.417. The van der Waals surface area contributed by atoms with Gasteiger partial charge in [0.15, 0.2) is 5.75 Å². The number of carbonyl (C=O) groups is 1. The predicted octanol–water partition coefficient (Wildman–Crippen LogP) is 1.02. The standard InChI is InChI=1S/C12H17N3O4/c1-3-19-11-5-4-9(8-10(11)15(17)18)12(16)14(2)7-6-13/h4-5,8H,3,6-7,13H2,1-2H3. The van der Waals surface area contributed by atoms with Crippen molar-refractivity contribution in [1.82, 2.24) is 4.90 Å². The van der Waals surface area contributed by atoms with Crippen LogP contribution < -0.4 is 10.5 Å². The second-order valence-corrected chi connectivity index (χ2v) is 3.89. The van der Waals surface area contributed by atoms with Gasteiger partial charge in [-0.05, 0) is 19.1 Å². The minimum Gasteiger partial charge on any atom is -0.487 e. The number of rotatable bonds is 6. The third-order valence-electron chi connectivity index (χ3n) is 2.51. The van der Waals surface area contributed by atoms with Crippen LogP contribution >= 0.6 is 0 Å². The summed E-state index contributed by atoms with van der Waals surface area (Å²) in [4.78, 5) is 23.8. The molecular weight excluding hydrogens is 250 g/mol. The second kappa shape index (κ2) is 6.69. The normalized spacial score (nSPS) is 10.1. The first-order chi connectivity index (χ1) is 9.01. The van der Waals surface area contributed by atoms with Crippen LogP contribution in [0.15, 0.2) is 18.2 Å². The fourth-order valence-corrected chi connectivity index (χ4v) is 1.59. The minimum atomic E-state index is -0.565. The van der Waals surface area contributed by atoms with Gasteiger partial charge in [-0.25, -0.2) is 0 Å². The van der Waals surface area contributed by atoms with E-state index in [1.165, 1.54) is 23.1 Å². The van der Waals surface area contributed by atoms with Gasteiger partial charge in [0, 0.05) is 31.8 Å². The van der Waals surface area contributed by atoms with E-state index < -0.39 is 4.92 Å². The fourth-order valence-electron chi connectivity index (χ4n) is 1.59. The van der Waals surface area contributed by atoms with Crippen LogP contribution in [0.5, 0.6) is 5.75 Å². The number of ether oxygens (including phenoxy) is 1. The highest BCUT2D eigenvalue weighted by atomic mass is 16.6. The molecule has 0 heterocycles. The number of nitro groups is 1. The van der Waals surface area contributed by atoms with Gasteiger partial charge in [-0.3, -0.25) is 14.9 Å². The number of nitrogens with zero attached hydrogens (tertiary/aromatic N) is 2. The molecule has 0 spiro atoms. The molecule has 0 aliphatic carbocycles. The van der Waals surface area contributed by atoms with Crippen LogP contribution in [0.4, 0.5) is 5.69 Å². The third kappa shape index (κ3) is 3.65. The topological polar surface area (TPSA) is 98.7 Å². The molecule has 104 valence electrons. The van der Waals surface area contributed by atoms with E-state index in [1.54, 1.807) is 14.0 Å². The Balaban J connectivity index is 3.07. The number of amides is 1. The summed E-state index contributed by atoms with van der Waals surface area (Å²) in [5.74, 6) is -0.151. The molecule has 0 saturated carbocycles. The molecule has 0 atom stereocenters. The Morgan fingerprint density at radius 3 is 2.74 bits per heavy atom. The van der Waals surface area contributed by atoms with E-state index in [1.807, 2.05) is 0 Å². The van der Waals surface area contributed by atoms with Crippen molar-refractivity contribution < 1.29 is 14.5 Å². The first-order valence-corrected chi connectivity index (χ1v) is 5.88. The molecule has 0 bridgehead atoms. The van der Waals surface area contributed by atoms with E-state index in [9.17, 15) is 14.9 Å². The Kier molecular flexibility index (Phi) is 5.25. The third-order valence-corrected chi connectivity index (χ3v) is 2.51. The zero-order chi connectivity index (χ0) is 14.4. The summed E-state index contributed by atoms with van der Waals surface area (Å²) in [5.41, 5.74) is 5.39. The molecule has 1 aromatic rings. The highest BCUT2D eigenvalue weighted by molar-refractivity contribution is 5.95. The van der Waals surface area contributed by atoms with Crippen molar-refractivity contribution in [3.63, 3.8) is 0 Å². The molecule has 0 unspecified atom stereocenters. The van der Waals surface area contributed by atoms with Crippen molar-refractivity contribution in [3.8, 4) is 5.75 Å². The largest absolute Gasteiger partial charge is 0.487 e. The lowest BCUT2D eigenvalue weighted by Gasteiger charge is -2.16. The Hall–Kier alpha value is -2.15. The second-order valence-electron chi connectivity index (χ2n) is 3.89. The number of nitro benzene ring substituents is 1. The van der Waals surface area contributed by atoms with Gasteiger partial charge in [0.05, 0.1) is 11.5 Å². The molecule has 0 aromatic heterocycles. The van der Waals surface area contributed by atoms with Crippen molar-refractivity contribution in [2.45, 2.75) is 6.92 Å². The zero-order valence-electron chi connectivity index (χ0n) is 11.0. The average molecular weight is 267 g/mol. The number of benzene rings is 1. The van der Waals surface area contributed by atoms with E-state index in [0.29, 0.717) is 19.7 Å². The van der Waals surface area contributed by atoms with Crippen molar-refractivity contribution in [2.75, 3.05) is 26.7 Å². The highest BCUT2D eigenvalue weighted by Gasteiger charge is 2.20. The molecule has 7 heteroatoms. The van der Waals surface area contributed by atoms with Gasteiger partial charge in [-0.1, -0.05) is 0 Å². The van der Waals surface area contributed by atoms with E-state index >= 15 is 0 Å². The number of nitrogens with two attached hydrogens (primary N) is 1. The lowest BCUT2D eigenvalue weighted by molar-refractivity contribution is -0.385. The van der Waals surface area contributed by atoms with Crippen LogP contribution in [0.25, 0.3) is 0 Å². The molecule has 1 rings (SSSR count). The number of hydrogen-bond acceptors (Lipinski definition) is 5. The van der Waals surface area contributed by atoms with Gasteiger partial charge >= 0.3 is 5.69 Å². The first-order valence-electron chi connectivity index (χ1n) is 5.88. The Morgan fingerprint density at radius 2 is 2.21 bits per heavy atom. The number of hydrogen-bond donors (Lipinski definition) is 1. The van der Waals surface area contributed by atoms with Crippen LogP contribution in [0.2, 0.25) is 0 Å². The molecule has 0 radical (unpaired) electrons. The molecule has 19 heavy (non-hydrogen) atoms. The lowest BCUT2D eigenvalue weighted by Crippen LogP contribution is -2.31. The summed E-state index contributed by atoms with van der Waals surface area (Å²) in [5, 5.41) is 10.9. The van der Waals surface area contributed by atoms with E-state index in [0.717, 1.165) is 0 Å². The molecule has 2 N–H and O–H groups in total. The highest BCUT2D eigenvalue weighted by Crippen LogP contribution is 2.28. The van der Waals surface area contributed by atoms with Gasteiger partial charge in [-0.2, -0.15) is 0 Å². The van der Waals surface area contributed by atoms with Crippen molar-refractivity contribution >= 4 is 11.6 Å². The van der Waals surface area contributed by atoms with E-state index in [4.69, 9.17) is 10.5 Å². The Bertz CT molecular complexity index is 476. The summed E-state index contributed by atoms with van der Waals surface area (Å²) >= 11 is 0. The van der Waals surface area contributed by atoms with Crippen LogP contribution in [-0.2, 0) is 0 Å². The summed E-state index contributed by atoms with van der Waals surface area (Å²) in [6, 6.07) is 4.17. The molecule has 0 fully saturated rings. The summed E-state index contributed by atoms with van der Waals surface area (Å²) < 4.78 is 5.15. The van der Waals surface area contributed by atoms with Gasteiger partial charge < -0.3 is 15.4 Å². The number of carbonyl (C=O) groups excluding carboxylic acids is 1. The van der Waals surface area contributed by atoms with E-state index in [2.05, 4.69) is 0 Å². The molecule has 7 nitrogen and oxygen atoms in total. The summed E-state index contributed by atoms with van der Waals surface area (Å²) in [6.07, 6.45) is 0. The smallest absolute Gasteiger partial charge is 0.311 e. The summed E-state index contributed by atoms with van der Waals surface area (Å²) in [7, 11) is 1.59. The van der Waals surface area contributed by atoms with Gasteiger partial charge in [0.2, 0.25) is 0 Å². The average Bonchev–Trinajstić information content (AvgIpc) is 2.38. The lowest BCUT2D eigenvalue weighted by atomic mass is 10.1. The monoisotopic (exact) mass is 267 g/mol. The van der Waals surface area contributed by atoms with Crippen LogP contribution in [0, 0.1) is 10.1 Å². The van der Waals surface area contributed by atoms with Crippen LogP contribution in [0.3, 0.4) is 0 Å². The molecule has 0 aliphatic rings. The van der Waals surface area contributed by atoms with Gasteiger partial charge in [0.25, 0.3) is 5.91 Å². The first kappa shape index (κ1) is 14.9. The van der Waals surface area contributed by atoms with Crippen LogP contribution in [0.1, 0.15) is 17.3 Å². The van der Waals surface area contributed by atoms with Crippen molar-refractivity contribution in [1.29, 1.82) is 0 Å². The molecule has 1 aromatic carbocycles. The maximum atomic E-state index is 12.0. The predicted molar refractivity (Wildman–Crippen MR) is 70.3 cm³/mol. The van der Waals surface area contributed by atoms with Crippen LogP contribution in [-0.4, -0.2) is 42.5 Å². The van der Waals surface area contributed by atoms with Gasteiger partial charge in [0.1, 0.15) is 0 Å². The zero-order valence-corrected chi connectivity index (χ0v) is 11.0. The Morgan fingerprint density at radius 1 is 1.53 bits per heavy atom. The quantitative estimate of drug-likeness (QED) is 0.613. The molecule has 0 aliphatic heterocycles. The number of likely N-dealkylation sites (N-methyl/N-ethyl adjacent to an activating group) is 1. The Labute approximate surface area is 111 Å². The van der Waals surface area contributed by atoms with Crippen molar-refractivity contribution in [2.24, 2.45) is 5.73 Å². The minimum absolute atomic E-state index is 0.158. The van der Waals surface area contributed by atoms with Gasteiger partial charge in [-0.15, -0.1) is 0 Å².